The van der Waals surface area contributed by atoms with Gasteiger partial charge in [0.25, 0.3) is 5.91 Å². The summed E-state index contributed by atoms with van der Waals surface area (Å²) in [5.41, 5.74) is 1.84. The fourth-order valence-electron chi connectivity index (χ4n) is 1.70. The van der Waals surface area contributed by atoms with Gasteiger partial charge in [-0.15, -0.1) is 0 Å². The molecule has 4 heteroatoms. The quantitative estimate of drug-likeness (QED) is 0.893. The molecule has 4 nitrogen and oxygen atoms in total. The second kappa shape index (κ2) is 5.49. The number of hydrogen-bond donors (Lipinski definition) is 1. The summed E-state index contributed by atoms with van der Waals surface area (Å²) in [6.07, 6.45) is 5.45. The Labute approximate surface area is 107 Å². The van der Waals surface area contributed by atoms with E-state index in [1.165, 1.54) is 0 Å². The zero-order valence-electron chi connectivity index (χ0n) is 10.6. The summed E-state index contributed by atoms with van der Waals surface area (Å²) in [6.45, 7) is 4.67. The van der Waals surface area contributed by atoms with Crippen LogP contribution in [0.2, 0.25) is 0 Å². The van der Waals surface area contributed by atoms with Crippen LogP contribution >= 0.6 is 0 Å². The highest BCUT2D eigenvalue weighted by Gasteiger charge is 2.06. The van der Waals surface area contributed by atoms with Crippen LogP contribution in [-0.4, -0.2) is 21.5 Å². The lowest BCUT2D eigenvalue weighted by atomic mass is 10.1. The van der Waals surface area contributed by atoms with Crippen LogP contribution in [0.1, 0.15) is 29.8 Å². The minimum Gasteiger partial charge on any atom is -0.350 e. The molecular weight excluding hydrogens is 226 g/mol. The smallest absolute Gasteiger partial charge is 0.251 e. The minimum absolute atomic E-state index is 0.0285. The Kier molecular flexibility index (Phi) is 3.77. The van der Waals surface area contributed by atoms with Gasteiger partial charge in [0, 0.05) is 30.5 Å². The number of amides is 1. The Morgan fingerprint density at radius 3 is 2.61 bits per heavy atom. The third kappa shape index (κ3) is 3.20. The van der Waals surface area contributed by atoms with E-state index in [1.54, 1.807) is 12.5 Å². The molecule has 1 N–H and O–H groups in total. The van der Waals surface area contributed by atoms with Gasteiger partial charge >= 0.3 is 0 Å². The molecule has 0 radical (unpaired) electrons. The molecule has 18 heavy (non-hydrogen) atoms. The van der Waals surface area contributed by atoms with E-state index in [4.69, 9.17) is 0 Å². The second-order valence-corrected chi connectivity index (χ2v) is 4.56. The SMILES string of the molecule is CC(C)NC(=O)c1ccc(Cn2ccnc2)cc1. The molecule has 94 valence electrons. The average Bonchev–Trinajstić information content (AvgIpc) is 2.82. The average molecular weight is 243 g/mol. The first-order valence-electron chi connectivity index (χ1n) is 6.00. The molecule has 1 aromatic carbocycles. The predicted molar refractivity (Wildman–Crippen MR) is 70.4 cm³/mol. The first-order chi connectivity index (χ1) is 8.65. The standard InChI is InChI=1S/C14H17N3O/c1-11(2)16-14(18)13-5-3-12(4-6-13)9-17-8-7-15-10-17/h3-8,10-11H,9H2,1-2H3,(H,16,18). The van der Waals surface area contributed by atoms with Crippen molar-refractivity contribution in [3.63, 3.8) is 0 Å². The van der Waals surface area contributed by atoms with E-state index in [1.807, 2.05) is 48.9 Å². The molecule has 2 rings (SSSR count). The number of nitrogens with one attached hydrogen (secondary N) is 1. The molecule has 0 saturated carbocycles. The molecule has 0 aliphatic heterocycles. The lowest BCUT2D eigenvalue weighted by Crippen LogP contribution is -2.29. The van der Waals surface area contributed by atoms with Crippen molar-refractivity contribution in [2.45, 2.75) is 26.4 Å². The van der Waals surface area contributed by atoms with Gasteiger partial charge in [0.05, 0.1) is 6.33 Å². The Morgan fingerprint density at radius 1 is 1.33 bits per heavy atom. The van der Waals surface area contributed by atoms with E-state index in [0.717, 1.165) is 12.1 Å². The van der Waals surface area contributed by atoms with Gasteiger partial charge in [0.15, 0.2) is 0 Å². The van der Waals surface area contributed by atoms with E-state index in [2.05, 4.69) is 10.3 Å². The van der Waals surface area contributed by atoms with Crippen LogP contribution in [0.5, 0.6) is 0 Å². The first-order valence-corrected chi connectivity index (χ1v) is 6.00. The van der Waals surface area contributed by atoms with Gasteiger partial charge in [-0.05, 0) is 31.5 Å². The van der Waals surface area contributed by atoms with Gasteiger partial charge < -0.3 is 9.88 Å². The summed E-state index contributed by atoms with van der Waals surface area (Å²) >= 11 is 0. The number of carbonyl (C=O) groups is 1. The molecule has 0 aliphatic carbocycles. The summed E-state index contributed by atoms with van der Waals surface area (Å²) in [7, 11) is 0. The fraction of sp³-hybridized carbons (Fsp3) is 0.286. The topological polar surface area (TPSA) is 46.9 Å². The molecule has 0 aliphatic rings. The van der Waals surface area contributed by atoms with E-state index < -0.39 is 0 Å². The Morgan fingerprint density at radius 2 is 2.06 bits per heavy atom. The van der Waals surface area contributed by atoms with Gasteiger partial charge in [-0.1, -0.05) is 12.1 Å². The third-order valence-corrected chi connectivity index (χ3v) is 2.56. The lowest BCUT2D eigenvalue weighted by Gasteiger charge is -2.09. The van der Waals surface area contributed by atoms with Crippen LogP contribution in [0.25, 0.3) is 0 Å². The van der Waals surface area contributed by atoms with Gasteiger partial charge in [0.1, 0.15) is 0 Å². The maximum atomic E-state index is 11.8. The molecule has 1 heterocycles. The maximum absolute atomic E-state index is 11.8. The molecule has 1 amide bonds. The molecule has 0 atom stereocenters. The van der Waals surface area contributed by atoms with Crippen molar-refractivity contribution in [2.24, 2.45) is 0 Å². The Balaban J connectivity index is 2.03. The first kappa shape index (κ1) is 12.4. The van der Waals surface area contributed by atoms with Crippen LogP contribution < -0.4 is 5.32 Å². The predicted octanol–water partition coefficient (Wildman–Crippen LogP) is 2.07. The molecule has 0 unspecified atom stereocenters. The maximum Gasteiger partial charge on any atom is 0.251 e. The molecule has 0 fully saturated rings. The Bertz CT molecular complexity index is 500. The van der Waals surface area contributed by atoms with Crippen LogP contribution in [-0.2, 0) is 6.54 Å². The molecular formula is C14H17N3O. The largest absolute Gasteiger partial charge is 0.350 e. The monoisotopic (exact) mass is 243 g/mol. The van der Waals surface area contributed by atoms with Crippen molar-refractivity contribution in [3.05, 3.63) is 54.1 Å². The van der Waals surface area contributed by atoms with Crippen LogP contribution in [0.3, 0.4) is 0 Å². The summed E-state index contributed by atoms with van der Waals surface area (Å²) < 4.78 is 1.99. The van der Waals surface area contributed by atoms with Gasteiger partial charge in [-0.3, -0.25) is 4.79 Å². The number of carbonyl (C=O) groups excluding carboxylic acids is 1. The lowest BCUT2D eigenvalue weighted by molar-refractivity contribution is 0.0943. The van der Waals surface area contributed by atoms with Crippen molar-refractivity contribution in [1.82, 2.24) is 14.9 Å². The van der Waals surface area contributed by atoms with Crippen molar-refractivity contribution in [2.75, 3.05) is 0 Å². The number of benzene rings is 1. The number of rotatable bonds is 4. The second-order valence-electron chi connectivity index (χ2n) is 4.56. The van der Waals surface area contributed by atoms with E-state index in [0.29, 0.717) is 5.56 Å². The highest BCUT2D eigenvalue weighted by Crippen LogP contribution is 2.06. The number of aromatic nitrogens is 2. The van der Waals surface area contributed by atoms with Crippen LogP contribution in [0, 0.1) is 0 Å². The van der Waals surface area contributed by atoms with E-state index in [9.17, 15) is 4.79 Å². The van der Waals surface area contributed by atoms with Crippen molar-refractivity contribution < 1.29 is 4.79 Å². The highest BCUT2D eigenvalue weighted by molar-refractivity contribution is 5.94. The summed E-state index contributed by atoms with van der Waals surface area (Å²) in [4.78, 5) is 15.8. The van der Waals surface area contributed by atoms with Gasteiger partial charge in [0.2, 0.25) is 0 Å². The summed E-state index contributed by atoms with van der Waals surface area (Å²) in [5.74, 6) is -0.0285. The minimum atomic E-state index is -0.0285. The van der Waals surface area contributed by atoms with Crippen LogP contribution in [0.4, 0.5) is 0 Å². The van der Waals surface area contributed by atoms with Crippen molar-refractivity contribution >= 4 is 5.91 Å². The zero-order valence-corrected chi connectivity index (χ0v) is 10.6. The normalized spacial score (nSPS) is 10.6. The number of hydrogen-bond acceptors (Lipinski definition) is 2. The number of nitrogens with zero attached hydrogens (tertiary/aromatic N) is 2. The van der Waals surface area contributed by atoms with Crippen molar-refractivity contribution in [3.8, 4) is 0 Å². The number of imidazole rings is 1. The molecule has 0 bridgehead atoms. The zero-order chi connectivity index (χ0) is 13.0. The fourth-order valence-corrected chi connectivity index (χ4v) is 1.70. The summed E-state index contributed by atoms with van der Waals surface area (Å²) in [6, 6.07) is 7.79. The third-order valence-electron chi connectivity index (χ3n) is 2.56. The van der Waals surface area contributed by atoms with Crippen molar-refractivity contribution in [1.29, 1.82) is 0 Å². The highest BCUT2D eigenvalue weighted by atomic mass is 16.1. The van der Waals surface area contributed by atoms with E-state index >= 15 is 0 Å². The molecule has 0 saturated heterocycles. The molecule has 2 aromatic rings. The van der Waals surface area contributed by atoms with E-state index in [-0.39, 0.29) is 11.9 Å². The van der Waals surface area contributed by atoms with Gasteiger partial charge in [-0.2, -0.15) is 0 Å². The van der Waals surface area contributed by atoms with Crippen LogP contribution in [0.15, 0.2) is 43.0 Å². The Hall–Kier alpha value is -2.10. The van der Waals surface area contributed by atoms with Gasteiger partial charge in [-0.25, -0.2) is 4.98 Å². The molecule has 1 aromatic heterocycles. The summed E-state index contributed by atoms with van der Waals surface area (Å²) in [5, 5.41) is 2.87. The molecule has 0 spiro atoms.